The Hall–Kier alpha value is -3.14. The van der Waals surface area contributed by atoms with E-state index in [9.17, 15) is 22.4 Å². The summed E-state index contributed by atoms with van der Waals surface area (Å²) in [5.41, 5.74) is 0.490. The van der Waals surface area contributed by atoms with E-state index in [0.29, 0.717) is 12.5 Å². The lowest BCUT2D eigenvalue weighted by Crippen LogP contribution is -2.20. The number of aliphatic carboxylic acids is 1. The Morgan fingerprint density at radius 1 is 1.30 bits per heavy atom. The minimum absolute atomic E-state index is 0.0502. The molecule has 1 heterocycles. The van der Waals surface area contributed by atoms with Gasteiger partial charge in [0.25, 0.3) is 10.0 Å². The normalized spacial score (nSPS) is 19.1. The first-order chi connectivity index (χ1) is 14.2. The van der Waals surface area contributed by atoms with Gasteiger partial charge in [-0.25, -0.2) is 17.6 Å². The van der Waals surface area contributed by atoms with E-state index in [1.807, 2.05) is 0 Å². The van der Waals surface area contributed by atoms with Gasteiger partial charge in [-0.05, 0) is 47.7 Å². The van der Waals surface area contributed by atoms with Gasteiger partial charge in [0.2, 0.25) is 0 Å². The monoisotopic (exact) mass is 435 g/mol. The summed E-state index contributed by atoms with van der Waals surface area (Å²) in [5, 5.41) is 9.03. The number of halogens is 1. The summed E-state index contributed by atoms with van der Waals surface area (Å²) >= 11 is 0. The third-order valence-corrected chi connectivity index (χ3v) is 6.71. The topological polar surface area (TPSA) is 119 Å². The zero-order valence-corrected chi connectivity index (χ0v) is 16.7. The molecule has 0 radical (unpaired) electrons. The van der Waals surface area contributed by atoms with E-state index < -0.39 is 39.1 Å². The van der Waals surface area contributed by atoms with Crippen molar-refractivity contribution in [3.05, 3.63) is 52.8 Å². The fraction of sp³-hybridized carbons (Fsp3) is 0.300. The first-order valence-corrected chi connectivity index (χ1v) is 10.6. The second-order valence-corrected chi connectivity index (χ2v) is 8.89. The SMILES string of the molecule is COC(=O)c1c(NS(=O)(=O)c2ccc(F)cc2CC(=O)O)ccc2c1OC[C@@H]1C[C@H]21. The van der Waals surface area contributed by atoms with Crippen molar-refractivity contribution in [1.82, 2.24) is 0 Å². The average molecular weight is 435 g/mol. The molecule has 0 spiro atoms. The zero-order valence-electron chi connectivity index (χ0n) is 15.8. The Balaban J connectivity index is 1.77. The molecule has 10 heteroatoms. The Morgan fingerprint density at radius 2 is 2.07 bits per heavy atom. The third-order valence-electron chi connectivity index (χ3n) is 5.24. The Morgan fingerprint density at radius 3 is 2.77 bits per heavy atom. The fourth-order valence-electron chi connectivity index (χ4n) is 3.75. The van der Waals surface area contributed by atoms with E-state index in [-0.39, 0.29) is 28.5 Å². The second-order valence-electron chi connectivity index (χ2n) is 7.24. The van der Waals surface area contributed by atoms with Gasteiger partial charge in [-0.15, -0.1) is 0 Å². The number of sulfonamides is 1. The number of hydrogen-bond acceptors (Lipinski definition) is 6. The second kappa shape index (κ2) is 7.28. The number of carboxylic acids is 1. The Kier molecular flexibility index (Phi) is 4.89. The average Bonchev–Trinajstić information content (AvgIpc) is 3.46. The van der Waals surface area contributed by atoms with Crippen LogP contribution in [-0.2, 0) is 26.0 Å². The van der Waals surface area contributed by atoms with Crippen LogP contribution in [0.15, 0.2) is 35.2 Å². The van der Waals surface area contributed by atoms with Crippen molar-refractivity contribution in [1.29, 1.82) is 0 Å². The Bertz CT molecular complexity index is 1160. The summed E-state index contributed by atoms with van der Waals surface area (Å²) in [6.45, 7) is 0.429. The van der Waals surface area contributed by atoms with Crippen molar-refractivity contribution in [2.45, 2.75) is 23.7 Å². The van der Waals surface area contributed by atoms with Gasteiger partial charge in [-0.2, -0.15) is 0 Å². The number of rotatable bonds is 6. The fourth-order valence-corrected chi connectivity index (χ4v) is 5.04. The molecule has 0 aromatic heterocycles. The number of carbonyl (C=O) groups is 2. The van der Waals surface area contributed by atoms with Crippen LogP contribution in [0.4, 0.5) is 10.1 Å². The highest BCUT2D eigenvalue weighted by atomic mass is 32.2. The molecule has 4 rings (SSSR count). The van der Waals surface area contributed by atoms with Gasteiger partial charge in [0.1, 0.15) is 17.1 Å². The number of nitrogens with one attached hydrogen (secondary N) is 1. The summed E-state index contributed by atoms with van der Waals surface area (Å²) < 4.78 is 52.4. The smallest absolute Gasteiger partial charge is 0.343 e. The molecule has 2 aromatic carbocycles. The van der Waals surface area contributed by atoms with Crippen LogP contribution in [0.3, 0.4) is 0 Å². The highest BCUT2D eigenvalue weighted by molar-refractivity contribution is 7.92. The van der Waals surface area contributed by atoms with Crippen LogP contribution in [0.2, 0.25) is 0 Å². The molecular weight excluding hydrogens is 417 g/mol. The molecule has 2 aromatic rings. The molecule has 1 aliphatic heterocycles. The standard InChI is InChI=1S/C20H18FNO7S/c1-28-20(25)18-15(4-3-13-14-7-11(14)9-29-19(13)18)22-30(26,27)16-5-2-12(21)6-10(16)8-17(23)24/h2-6,11,14,22H,7-9H2,1H3,(H,23,24)/t11-,14-/m0/s1. The lowest BCUT2D eigenvalue weighted by Gasteiger charge is -2.22. The predicted molar refractivity (Wildman–Crippen MR) is 103 cm³/mol. The van der Waals surface area contributed by atoms with Gasteiger partial charge in [-0.1, -0.05) is 6.07 Å². The van der Waals surface area contributed by atoms with Crippen LogP contribution < -0.4 is 9.46 Å². The van der Waals surface area contributed by atoms with Crippen molar-refractivity contribution in [2.75, 3.05) is 18.4 Å². The van der Waals surface area contributed by atoms with Gasteiger partial charge < -0.3 is 14.6 Å². The van der Waals surface area contributed by atoms with Gasteiger partial charge in [0.05, 0.1) is 30.7 Å². The van der Waals surface area contributed by atoms with Crippen molar-refractivity contribution < 1.29 is 37.0 Å². The number of carboxylic acid groups (broad SMARTS) is 1. The molecular formula is C20H18FNO7S. The molecule has 1 saturated carbocycles. The van der Waals surface area contributed by atoms with Crippen LogP contribution in [0.25, 0.3) is 0 Å². The number of methoxy groups -OCH3 is 1. The molecule has 0 unspecified atom stereocenters. The number of anilines is 1. The summed E-state index contributed by atoms with van der Waals surface area (Å²) in [7, 11) is -3.17. The highest BCUT2D eigenvalue weighted by Crippen LogP contribution is 2.55. The molecule has 158 valence electrons. The van der Waals surface area contributed by atoms with Crippen molar-refractivity contribution in [2.24, 2.45) is 5.92 Å². The summed E-state index contributed by atoms with van der Waals surface area (Å²) in [6.07, 6.45) is 0.251. The van der Waals surface area contributed by atoms with Gasteiger partial charge in [0, 0.05) is 5.92 Å². The van der Waals surface area contributed by atoms with Crippen LogP contribution in [0.5, 0.6) is 5.75 Å². The van der Waals surface area contributed by atoms with E-state index in [1.54, 1.807) is 6.07 Å². The molecule has 8 nitrogen and oxygen atoms in total. The summed E-state index contributed by atoms with van der Waals surface area (Å²) in [6, 6.07) is 5.91. The maximum atomic E-state index is 13.6. The predicted octanol–water partition coefficient (Wildman–Crippen LogP) is 2.54. The van der Waals surface area contributed by atoms with Crippen LogP contribution in [0.1, 0.15) is 33.8 Å². The quantitative estimate of drug-likeness (QED) is 0.669. The molecule has 2 N–H and O–H groups in total. The molecule has 30 heavy (non-hydrogen) atoms. The van der Waals surface area contributed by atoms with Crippen molar-refractivity contribution in [3.8, 4) is 5.75 Å². The molecule has 2 aliphatic rings. The van der Waals surface area contributed by atoms with E-state index in [2.05, 4.69) is 4.72 Å². The molecule has 1 fully saturated rings. The summed E-state index contributed by atoms with van der Waals surface area (Å²) in [5.74, 6) is -1.90. The minimum atomic E-state index is -4.34. The number of benzene rings is 2. The lowest BCUT2D eigenvalue weighted by molar-refractivity contribution is -0.136. The minimum Gasteiger partial charge on any atom is -0.492 e. The third kappa shape index (κ3) is 3.58. The first kappa shape index (κ1) is 20.1. The Labute approximate surface area is 171 Å². The van der Waals surface area contributed by atoms with Gasteiger partial charge in [-0.3, -0.25) is 9.52 Å². The van der Waals surface area contributed by atoms with Crippen molar-refractivity contribution in [3.63, 3.8) is 0 Å². The van der Waals surface area contributed by atoms with Crippen molar-refractivity contribution >= 4 is 27.6 Å². The molecule has 2 atom stereocenters. The summed E-state index contributed by atoms with van der Waals surface area (Å²) in [4.78, 5) is 23.1. The van der Waals surface area contributed by atoms with Gasteiger partial charge in [0.15, 0.2) is 0 Å². The van der Waals surface area contributed by atoms with E-state index in [4.69, 9.17) is 14.6 Å². The van der Waals surface area contributed by atoms with Crippen LogP contribution in [0, 0.1) is 11.7 Å². The number of esters is 1. The number of carbonyl (C=O) groups excluding carboxylic acids is 1. The van der Waals surface area contributed by atoms with Gasteiger partial charge >= 0.3 is 11.9 Å². The van der Waals surface area contributed by atoms with E-state index >= 15 is 0 Å². The largest absolute Gasteiger partial charge is 0.492 e. The lowest BCUT2D eigenvalue weighted by atomic mass is 10.0. The number of ether oxygens (including phenoxy) is 2. The molecule has 1 aliphatic carbocycles. The number of hydrogen-bond donors (Lipinski definition) is 2. The van der Waals surface area contributed by atoms with E-state index in [0.717, 1.165) is 30.2 Å². The first-order valence-electron chi connectivity index (χ1n) is 9.12. The molecule has 0 saturated heterocycles. The highest BCUT2D eigenvalue weighted by Gasteiger charge is 2.45. The zero-order chi connectivity index (χ0) is 21.6. The maximum absolute atomic E-state index is 13.6. The van der Waals surface area contributed by atoms with Crippen LogP contribution >= 0.6 is 0 Å². The van der Waals surface area contributed by atoms with E-state index in [1.165, 1.54) is 13.2 Å². The maximum Gasteiger partial charge on any atom is 0.343 e. The number of fused-ring (bicyclic) bond motifs is 3. The molecule has 0 amide bonds. The van der Waals surface area contributed by atoms with Crippen LogP contribution in [-0.4, -0.2) is 39.2 Å². The molecule has 0 bridgehead atoms.